The predicted molar refractivity (Wildman–Crippen MR) is 77.7 cm³/mol. The molecule has 0 aliphatic rings. The molecule has 100 valence electrons. The maximum absolute atomic E-state index is 10.9. The van der Waals surface area contributed by atoms with Gasteiger partial charge in [-0.3, -0.25) is 0 Å². The van der Waals surface area contributed by atoms with Crippen molar-refractivity contribution in [1.29, 1.82) is 0 Å². The van der Waals surface area contributed by atoms with E-state index in [4.69, 9.17) is 28.3 Å². The van der Waals surface area contributed by atoms with Crippen molar-refractivity contribution in [2.75, 3.05) is 11.9 Å². The third-order valence-electron chi connectivity index (χ3n) is 2.39. The number of aromatic nitrogens is 1. The van der Waals surface area contributed by atoms with Crippen LogP contribution in [0.1, 0.15) is 15.2 Å². The molecular weight excluding hydrogens is 307 g/mol. The zero-order valence-electron chi connectivity index (χ0n) is 9.69. The average molecular weight is 317 g/mol. The maximum atomic E-state index is 10.9. The smallest absolute Gasteiger partial charge is 0.337 e. The molecule has 4 nitrogen and oxygen atoms in total. The summed E-state index contributed by atoms with van der Waals surface area (Å²) in [7, 11) is 0. The average Bonchev–Trinajstić information content (AvgIpc) is 2.77. The molecule has 0 saturated carbocycles. The number of carboxylic acids is 1. The van der Waals surface area contributed by atoms with E-state index in [-0.39, 0.29) is 10.6 Å². The Labute approximate surface area is 124 Å². The molecule has 0 aromatic carbocycles. The van der Waals surface area contributed by atoms with Gasteiger partial charge in [0.2, 0.25) is 0 Å². The maximum Gasteiger partial charge on any atom is 0.337 e. The standard InChI is InChI=1S/C12H10Cl2N2O2S/c13-9-6-16-11(5-8(9)12(17)18)15-4-3-7-1-2-10(14)19-7/h1-2,5-6H,3-4H2,(H,15,16)(H,17,18). The molecule has 0 radical (unpaired) electrons. The second-order valence-corrected chi connectivity index (χ2v) is 5.94. The molecule has 2 heterocycles. The second-order valence-electron chi connectivity index (χ2n) is 3.74. The fourth-order valence-electron chi connectivity index (χ4n) is 1.50. The zero-order valence-corrected chi connectivity index (χ0v) is 12.0. The van der Waals surface area contributed by atoms with Gasteiger partial charge in [0.1, 0.15) is 5.82 Å². The lowest BCUT2D eigenvalue weighted by atomic mass is 10.2. The van der Waals surface area contributed by atoms with Gasteiger partial charge in [0.15, 0.2) is 0 Å². The van der Waals surface area contributed by atoms with Crippen LogP contribution in [-0.4, -0.2) is 22.6 Å². The van der Waals surface area contributed by atoms with E-state index in [2.05, 4.69) is 10.3 Å². The molecule has 0 spiro atoms. The van der Waals surface area contributed by atoms with E-state index in [1.165, 1.54) is 23.6 Å². The topological polar surface area (TPSA) is 62.2 Å². The number of pyridine rings is 1. The lowest BCUT2D eigenvalue weighted by Gasteiger charge is -2.06. The molecule has 0 bridgehead atoms. The summed E-state index contributed by atoms with van der Waals surface area (Å²) in [6.45, 7) is 0.643. The number of rotatable bonds is 5. The molecule has 2 aromatic rings. The lowest BCUT2D eigenvalue weighted by molar-refractivity contribution is 0.0697. The molecule has 7 heteroatoms. The van der Waals surface area contributed by atoms with E-state index < -0.39 is 5.97 Å². The Morgan fingerprint density at radius 1 is 1.42 bits per heavy atom. The van der Waals surface area contributed by atoms with Crippen LogP contribution < -0.4 is 5.32 Å². The van der Waals surface area contributed by atoms with Gasteiger partial charge in [-0.25, -0.2) is 9.78 Å². The Kier molecular flexibility index (Phi) is 4.63. The number of nitrogens with zero attached hydrogens (tertiary/aromatic N) is 1. The summed E-state index contributed by atoms with van der Waals surface area (Å²) >= 11 is 13.1. The van der Waals surface area contributed by atoms with Crippen LogP contribution in [0.15, 0.2) is 24.4 Å². The minimum absolute atomic E-state index is 0.0401. The molecule has 0 atom stereocenters. The first-order chi connectivity index (χ1) is 9.06. The summed E-state index contributed by atoms with van der Waals surface area (Å²) in [6, 6.07) is 5.24. The Balaban J connectivity index is 1.96. The first-order valence-electron chi connectivity index (χ1n) is 5.43. The van der Waals surface area contributed by atoms with Gasteiger partial charge < -0.3 is 10.4 Å². The SMILES string of the molecule is O=C(O)c1cc(NCCc2ccc(Cl)s2)ncc1Cl. The van der Waals surface area contributed by atoms with Crippen LogP contribution in [0.2, 0.25) is 9.36 Å². The molecule has 2 N–H and O–H groups in total. The highest BCUT2D eigenvalue weighted by atomic mass is 35.5. The number of nitrogens with one attached hydrogen (secondary N) is 1. The number of hydrogen-bond donors (Lipinski definition) is 2. The van der Waals surface area contributed by atoms with E-state index in [1.54, 1.807) is 0 Å². The number of thiophene rings is 1. The highest BCUT2D eigenvalue weighted by molar-refractivity contribution is 7.16. The normalized spacial score (nSPS) is 10.4. The summed E-state index contributed by atoms with van der Waals surface area (Å²) < 4.78 is 0.757. The van der Waals surface area contributed by atoms with Gasteiger partial charge in [0.05, 0.1) is 14.9 Å². The minimum Gasteiger partial charge on any atom is -0.478 e. The molecule has 2 rings (SSSR count). The van der Waals surface area contributed by atoms with Crippen LogP contribution in [0.25, 0.3) is 0 Å². The van der Waals surface area contributed by atoms with Crippen LogP contribution in [0, 0.1) is 0 Å². The molecule has 0 saturated heterocycles. The van der Waals surface area contributed by atoms with Crippen LogP contribution in [0.4, 0.5) is 5.82 Å². The van der Waals surface area contributed by atoms with E-state index in [0.29, 0.717) is 12.4 Å². The summed E-state index contributed by atoms with van der Waals surface area (Å²) in [5.74, 6) is -0.579. The summed E-state index contributed by atoms with van der Waals surface area (Å²) in [5.41, 5.74) is 0.0401. The van der Waals surface area contributed by atoms with Gasteiger partial charge in [-0.1, -0.05) is 23.2 Å². The van der Waals surface area contributed by atoms with E-state index in [1.807, 2.05) is 12.1 Å². The Hall–Kier alpha value is -1.30. The molecule has 0 fully saturated rings. The molecule has 19 heavy (non-hydrogen) atoms. The van der Waals surface area contributed by atoms with E-state index in [9.17, 15) is 4.79 Å². The van der Waals surface area contributed by atoms with Gasteiger partial charge in [-0.05, 0) is 24.6 Å². The minimum atomic E-state index is -1.07. The first-order valence-corrected chi connectivity index (χ1v) is 7.00. The Bertz CT molecular complexity index is 601. The Morgan fingerprint density at radius 3 is 2.84 bits per heavy atom. The number of anilines is 1. The van der Waals surface area contributed by atoms with Crippen molar-refractivity contribution in [3.8, 4) is 0 Å². The number of hydrogen-bond acceptors (Lipinski definition) is 4. The third-order valence-corrected chi connectivity index (χ3v) is 3.98. The zero-order chi connectivity index (χ0) is 13.8. The Morgan fingerprint density at radius 2 is 2.21 bits per heavy atom. The second kappa shape index (κ2) is 6.23. The van der Waals surface area contributed by atoms with Crippen LogP contribution in [0.5, 0.6) is 0 Å². The monoisotopic (exact) mass is 316 g/mol. The van der Waals surface area contributed by atoms with Crippen molar-refractivity contribution < 1.29 is 9.90 Å². The molecule has 0 aliphatic heterocycles. The van der Waals surface area contributed by atoms with Crippen LogP contribution in [0.3, 0.4) is 0 Å². The number of carboxylic acid groups (broad SMARTS) is 1. The lowest BCUT2D eigenvalue weighted by Crippen LogP contribution is -2.07. The van der Waals surface area contributed by atoms with Crippen molar-refractivity contribution in [2.24, 2.45) is 0 Å². The van der Waals surface area contributed by atoms with Crippen molar-refractivity contribution in [2.45, 2.75) is 6.42 Å². The summed E-state index contributed by atoms with van der Waals surface area (Å²) in [4.78, 5) is 16.1. The number of aromatic carboxylic acids is 1. The van der Waals surface area contributed by atoms with E-state index >= 15 is 0 Å². The largest absolute Gasteiger partial charge is 0.478 e. The molecular formula is C12H10Cl2N2O2S. The highest BCUT2D eigenvalue weighted by Gasteiger charge is 2.10. The fourth-order valence-corrected chi connectivity index (χ4v) is 2.77. The third kappa shape index (κ3) is 3.83. The van der Waals surface area contributed by atoms with Gasteiger partial charge in [0.25, 0.3) is 0 Å². The summed E-state index contributed by atoms with van der Waals surface area (Å²) in [5, 5.41) is 12.1. The molecule has 0 amide bonds. The number of carbonyl (C=O) groups is 1. The van der Waals surface area contributed by atoms with Gasteiger partial charge in [-0.2, -0.15) is 0 Å². The quantitative estimate of drug-likeness (QED) is 0.880. The highest BCUT2D eigenvalue weighted by Crippen LogP contribution is 2.22. The van der Waals surface area contributed by atoms with E-state index in [0.717, 1.165) is 15.6 Å². The van der Waals surface area contributed by atoms with Gasteiger partial charge in [0, 0.05) is 17.6 Å². The summed E-state index contributed by atoms with van der Waals surface area (Å²) in [6.07, 6.45) is 2.12. The fraction of sp³-hybridized carbons (Fsp3) is 0.167. The van der Waals surface area contributed by atoms with Gasteiger partial charge in [-0.15, -0.1) is 11.3 Å². The van der Waals surface area contributed by atoms with Gasteiger partial charge >= 0.3 is 5.97 Å². The van der Waals surface area contributed by atoms with Crippen LogP contribution >= 0.6 is 34.5 Å². The first kappa shape index (κ1) is 14.1. The van der Waals surface area contributed by atoms with Crippen molar-refractivity contribution in [1.82, 2.24) is 4.98 Å². The molecule has 0 unspecified atom stereocenters. The molecule has 2 aromatic heterocycles. The number of halogens is 2. The molecule has 0 aliphatic carbocycles. The van der Waals surface area contributed by atoms with Crippen molar-refractivity contribution in [3.05, 3.63) is 44.2 Å². The predicted octanol–water partition coefficient (Wildman–Crippen LogP) is 3.80. The van der Waals surface area contributed by atoms with Crippen molar-refractivity contribution >= 4 is 46.3 Å². The van der Waals surface area contributed by atoms with Crippen LogP contribution in [-0.2, 0) is 6.42 Å². The van der Waals surface area contributed by atoms with Crippen molar-refractivity contribution in [3.63, 3.8) is 0 Å².